The maximum atomic E-state index is 12.7. The van der Waals surface area contributed by atoms with E-state index in [4.69, 9.17) is 14.2 Å². The molecule has 0 saturated heterocycles. The Morgan fingerprint density at radius 1 is 0.279 bits per heavy atom. The summed E-state index contributed by atoms with van der Waals surface area (Å²) in [6, 6.07) is 0. The van der Waals surface area contributed by atoms with Crippen molar-refractivity contribution in [3.05, 3.63) is 0 Å². The Morgan fingerprint density at radius 2 is 0.475 bits per heavy atom. The molecule has 0 aliphatic carbocycles. The van der Waals surface area contributed by atoms with Gasteiger partial charge < -0.3 is 14.2 Å². The molecule has 0 N–H and O–H groups in total. The Kier molecular flexibility index (Phi) is 45.2. The van der Waals surface area contributed by atoms with Crippen molar-refractivity contribution in [2.45, 2.75) is 304 Å². The lowest BCUT2D eigenvalue weighted by Gasteiger charge is -2.18. The molecule has 0 fully saturated rings. The van der Waals surface area contributed by atoms with E-state index in [0.717, 1.165) is 75.5 Å². The third kappa shape index (κ3) is 49.3. The molecule has 0 aromatic rings. The summed E-state index contributed by atoms with van der Waals surface area (Å²) in [6.07, 6.45) is 46.8. The summed E-state index contributed by atoms with van der Waals surface area (Å²) in [5.41, 5.74) is 0. The number of rotatable bonds is 48. The molecule has 0 unspecified atom stereocenters. The second-order valence-corrected chi connectivity index (χ2v) is 20.3. The highest BCUT2D eigenvalue weighted by Gasteiger charge is 2.19. The standard InChI is InChI=1S/C55H106O6/c1-49(2)41-35-29-23-18-15-13-11-9-7-8-10-12-14-16-20-26-32-38-44-53(56)59-47-52(61-55(58)46-40-34-28-22-25-31-37-43-51(5)6)48-60-54(57)45-39-33-27-21-17-19-24-30-36-42-50(3)4/h49-52H,7-48H2,1-6H3/t52-/m1/s1. The SMILES string of the molecule is CC(C)CCCCCCCCCCCCCCCCCCCCC(=O)OC[C@H](COC(=O)CCCCCCCCCCCC(C)C)OC(=O)CCCCCCCCCC(C)C. The quantitative estimate of drug-likeness (QED) is 0.0344. The summed E-state index contributed by atoms with van der Waals surface area (Å²) in [5, 5.41) is 0. The molecule has 0 bridgehead atoms. The maximum absolute atomic E-state index is 12.7. The summed E-state index contributed by atoms with van der Waals surface area (Å²) >= 11 is 0. The van der Waals surface area contributed by atoms with Crippen molar-refractivity contribution in [3.63, 3.8) is 0 Å². The van der Waals surface area contributed by atoms with Gasteiger partial charge in [0, 0.05) is 19.3 Å². The van der Waals surface area contributed by atoms with Crippen LogP contribution in [0.1, 0.15) is 298 Å². The molecule has 61 heavy (non-hydrogen) atoms. The van der Waals surface area contributed by atoms with Crippen LogP contribution in [0.4, 0.5) is 0 Å². The van der Waals surface area contributed by atoms with E-state index in [1.807, 2.05) is 0 Å². The van der Waals surface area contributed by atoms with Gasteiger partial charge in [-0.1, -0.05) is 260 Å². The predicted molar refractivity (Wildman–Crippen MR) is 261 cm³/mol. The molecule has 362 valence electrons. The van der Waals surface area contributed by atoms with Crippen LogP contribution in [0.25, 0.3) is 0 Å². The van der Waals surface area contributed by atoms with E-state index in [1.165, 1.54) is 180 Å². The van der Waals surface area contributed by atoms with Gasteiger partial charge in [0.2, 0.25) is 0 Å². The van der Waals surface area contributed by atoms with Crippen LogP contribution in [0.2, 0.25) is 0 Å². The molecule has 0 aromatic heterocycles. The zero-order valence-electron chi connectivity index (χ0n) is 42.0. The van der Waals surface area contributed by atoms with Crippen LogP contribution in [0.15, 0.2) is 0 Å². The number of esters is 3. The smallest absolute Gasteiger partial charge is 0.306 e. The van der Waals surface area contributed by atoms with Crippen molar-refractivity contribution < 1.29 is 28.6 Å². The summed E-state index contributed by atoms with van der Waals surface area (Å²) < 4.78 is 16.8. The van der Waals surface area contributed by atoms with Crippen LogP contribution in [-0.4, -0.2) is 37.2 Å². The third-order valence-corrected chi connectivity index (χ3v) is 12.4. The first-order chi connectivity index (χ1) is 29.6. The normalized spacial score (nSPS) is 12.1. The topological polar surface area (TPSA) is 78.9 Å². The molecule has 0 aliphatic heterocycles. The molecule has 6 nitrogen and oxygen atoms in total. The van der Waals surface area contributed by atoms with Gasteiger partial charge in [-0.25, -0.2) is 0 Å². The van der Waals surface area contributed by atoms with Gasteiger partial charge >= 0.3 is 17.9 Å². The highest BCUT2D eigenvalue weighted by atomic mass is 16.6. The molecule has 0 rings (SSSR count). The summed E-state index contributed by atoms with van der Waals surface area (Å²) in [5.74, 6) is 1.59. The molecule has 0 spiro atoms. The Balaban J connectivity index is 4.19. The first-order valence-electron chi connectivity index (χ1n) is 27.1. The monoisotopic (exact) mass is 863 g/mol. The van der Waals surface area contributed by atoms with Gasteiger partial charge in [-0.3, -0.25) is 14.4 Å². The molecule has 0 aromatic carbocycles. The van der Waals surface area contributed by atoms with E-state index in [2.05, 4.69) is 41.5 Å². The number of unbranched alkanes of at least 4 members (excludes halogenated alkanes) is 31. The van der Waals surface area contributed by atoms with E-state index >= 15 is 0 Å². The third-order valence-electron chi connectivity index (χ3n) is 12.4. The minimum atomic E-state index is -0.763. The van der Waals surface area contributed by atoms with Crippen molar-refractivity contribution in [2.75, 3.05) is 13.2 Å². The minimum absolute atomic E-state index is 0.0651. The van der Waals surface area contributed by atoms with Crippen LogP contribution in [0, 0.1) is 17.8 Å². The number of ether oxygens (including phenoxy) is 3. The average Bonchev–Trinajstić information content (AvgIpc) is 3.22. The van der Waals surface area contributed by atoms with E-state index in [-0.39, 0.29) is 31.1 Å². The van der Waals surface area contributed by atoms with Gasteiger partial charge in [-0.05, 0) is 37.0 Å². The van der Waals surface area contributed by atoms with Gasteiger partial charge in [0.15, 0.2) is 6.10 Å². The fourth-order valence-electron chi connectivity index (χ4n) is 8.29. The Morgan fingerprint density at radius 3 is 0.705 bits per heavy atom. The average molecular weight is 863 g/mol. The van der Waals surface area contributed by atoms with E-state index in [9.17, 15) is 14.4 Å². The van der Waals surface area contributed by atoms with Gasteiger partial charge in [-0.15, -0.1) is 0 Å². The van der Waals surface area contributed by atoms with Crippen molar-refractivity contribution in [1.29, 1.82) is 0 Å². The second kappa shape index (κ2) is 46.4. The summed E-state index contributed by atoms with van der Waals surface area (Å²) in [7, 11) is 0. The van der Waals surface area contributed by atoms with Crippen molar-refractivity contribution in [1.82, 2.24) is 0 Å². The van der Waals surface area contributed by atoms with Crippen molar-refractivity contribution in [2.24, 2.45) is 17.8 Å². The molecule has 0 aliphatic rings. The lowest BCUT2D eigenvalue weighted by atomic mass is 10.0. The Labute approximate surface area is 380 Å². The number of hydrogen-bond acceptors (Lipinski definition) is 6. The van der Waals surface area contributed by atoms with Crippen LogP contribution < -0.4 is 0 Å². The van der Waals surface area contributed by atoms with Crippen molar-refractivity contribution in [3.8, 4) is 0 Å². The predicted octanol–water partition coefficient (Wildman–Crippen LogP) is 17.6. The Hall–Kier alpha value is -1.59. The molecule has 0 amide bonds. The fourth-order valence-corrected chi connectivity index (χ4v) is 8.29. The minimum Gasteiger partial charge on any atom is -0.462 e. The molecular formula is C55H106O6. The maximum Gasteiger partial charge on any atom is 0.306 e. The molecular weight excluding hydrogens is 757 g/mol. The van der Waals surface area contributed by atoms with E-state index < -0.39 is 6.10 Å². The van der Waals surface area contributed by atoms with Gasteiger partial charge in [0.25, 0.3) is 0 Å². The first-order valence-corrected chi connectivity index (χ1v) is 27.1. The highest BCUT2D eigenvalue weighted by Crippen LogP contribution is 2.18. The zero-order chi connectivity index (χ0) is 44.9. The molecule has 1 atom stereocenters. The van der Waals surface area contributed by atoms with Crippen LogP contribution in [-0.2, 0) is 28.6 Å². The van der Waals surface area contributed by atoms with Gasteiger partial charge in [0.05, 0.1) is 0 Å². The van der Waals surface area contributed by atoms with Gasteiger partial charge in [-0.2, -0.15) is 0 Å². The lowest BCUT2D eigenvalue weighted by molar-refractivity contribution is -0.167. The molecule has 0 radical (unpaired) electrons. The molecule has 6 heteroatoms. The van der Waals surface area contributed by atoms with E-state index in [0.29, 0.717) is 19.3 Å². The van der Waals surface area contributed by atoms with Crippen molar-refractivity contribution >= 4 is 17.9 Å². The van der Waals surface area contributed by atoms with Crippen LogP contribution in [0.5, 0.6) is 0 Å². The summed E-state index contributed by atoms with van der Waals surface area (Å²) in [6.45, 7) is 13.7. The number of hydrogen-bond donors (Lipinski definition) is 0. The largest absolute Gasteiger partial charge is 0.462 e. The van der Waals surface area contributed by atoms with E-state index in [1.54, 1.807) is 0 Å². The molecule has 0 saturated carbocycles. The van der Waals surface area contributed by atoms with Gasteiger partial charge in [0.1, 0.15) is 13.2 Å². The van der Waals surface area contributed by atoms with Crippen LogP contribution >= 0.6 is 0 Å². The summed E-state index contributed by atoms with van der Waals surface area (Å²) in [4.78, 5) is 37.9. The Bertz CT molecular complexity index is 945. The molecule has 0 heterocycles. The number of carbonyl (C=O) groups excluding carboxylic acids is 3. The second-order valence-electron chi connectivity index (χ2n) is 20.3. The number of carbonyl (C=O) groups is 3. The zero-order valence-corrected chi connectivity index (χ0v) is 42.0. The fraction of sp³-hybridized carbons (Fsp3) is 0.945. The highest BCUT2D eigenvalue weighted by molar-refractivity contribution is 5.71. The first kappa shape index (κ1) is 59.4. The lowest BCUT2D eigenvalue weighted by Crippen LogP contribution is -2.30. The van der Waals surface area contributed by atoms with Crippen LogP contribution in [0.3, 0.4) is 0 Å².